The highest BCUT2D eigenvalue weighted by Gasteiger charge is 2.46. The second-order valence-corrected chi connectivity index (χ2v) is 6.18. The molecule has 2 atom stereocenters. The molecule has 1 aliphatic rings. The minimum atomic E-state index is -3.17. The van der Waals surface area contributed by atoms with Gasteiger partial charge in [-0.05, 0) is 26.2 Å². The van der Waals surface area contributed by atoms with Crippen molar-refractivity contribution >= 4 is 9.84 Å². The predicted octanol–water partition coefficient (Wildman–Crippen LogP) is 0.351. The van der Waals surface area contributed by atoms with Gasteiger partial charge in [0.2, 0.25) is 0 Å². The molecule has 14 heavy (non-hydrogen) atoms. The van der Waals surface area contributed by atoms with Crippen LogP contribution in [0.5, 0.6) is 0 Å². The lowest BCUT2D eigenvalue weighted by Crippen LogP contribution is -2.46. The summed E-state index contributed by atoms with van der Waals surface area (Å²) in [7, 11) is -3.17. The van der Waals surface area contributed by atoms with Gasteiger partial charge in [-0.25, -0.2) is 8.42 Å². The van der Waals surface area contributed by atoms with Crippen LogP contribution in [-0.2, 0) is 14.6 Å². The predicted molar refractivity (Wildman–Crippen MR) is 53.9 cm³/mol. The minimum Gasteiger partial charge on any atom is -0.386 e. The number of ether oxygens (including phenoxy) is 1. The van der Waals surface area contributed by atoms with E-state index < -0.39 is 20.7 Å². The third kappa shape index (κ3) is 2.46. The normalized spacial score (nSPS) is 33.5. The lowest BCUT2D eigenvalue weighted by Gasteiger charge is -2.28. The van der Waals surface area contributed by atoms with Crippen molar-refractivity contribution in [2.24, 2.45) is 0 Å². The van der Waals surface area contributed by atoms with E-state index in [1.807, 2.05) is 6.92 Å². The average molecular weight is 222 g/mol. The summed E-state index contributed by atoms with van der Waals surface area (Å²) < 4.78 is 27.9. The van der Waals surface area contributed by atoms with Crippen molar-refractivity contribution in [1.82, 2.24) is 0 Å². The van der Waals surface area contributed by atoms with Gasteiger partial charge in [-0.15, -0.1) is 0 Å². The molecule has 1 fully saturated rings. The van der Waals surface area contributed by atoms with Crippen molar-refractivity contribution in [1.29, 1.82) is 0 Å². The number of sulfone groups is 1. The summed E-state index contributed by atoms with van der Waals surface area (Å²) in [5.74, 6) is 0. The SMILES string of the molecule is CCOCC1(O)CCCC1S(C)(=O)=O. The molecule has 2 unspecified atom stereocenters. The van der Waals surface area contributed by atoms with E-state index in [0.717, 1.165) is 6.42 Å². The number of hydrogen-bond donors (Lipinski definition) is 1. The number of aliphatic hydroxyl groups is 1. The van der Waals surface area contributed by atoms with Crippen molar-refractivity contribution in [2.75, 3.05) is 19.5 Å². The first-order chi connectivity index (χ1) is 6.40. The second-order valence-electron chi connectivity index (χ2n) is 3.95. The minimum absolute atomic E-state index is 0.126. The van der Waals surface area contributed by atoms with E-state index in [9.17, 15) is 13.5 Å². The van der Waals surface area contributed by atoms with Gasteiger partial charge in [0, 0.05) is 12.9 Å². The van der Waals surface area contributed by atoms with E-state index in [-0.39, 0.29) is 6.61 Å². The van der Waals surface area contributed by atoms with Crippen LogP contribution in [0.15, 0.2) is 0 Å². The van der Waals surface area contributed by atoms with Crippen molar-refractivity contribution in [2.45, 2.75) is 37.0 Å². The molecule has 0 radical (unpaired) electrons. The van der Waals surface area contributed by atoms with Gasteiger partial charge in [0.15, 0.2) is 9.84 Å². The molecule has 0 aromatic rings. The highest BCUT2D eigenvalue weighted by molar-refractivity contribution is 7.91. The van der Waals surface area contributed by atoms with Gasteiger partial charge in [-0.2, -0.15) is 0 Å². The highest BCUT2D eigenvalue weighted by atomic mass is 32.2. The first kappa shape index (κ1) is 11.9. The fraction of sp³-hybridized carbons (Fsp3) is 1.00. The lowest BCUT2D eigenvalue weighted by atomic mass is 10.0. The number of hydrogen-bond acceptors (Lipinski definition) is 4. The summed E-state index contributed by atoms with van der Waals surface area (Å²) in [6.45, 7) is 2.45. The Labute approximate surface area is 85.2 Å². The summed E-state index contributed by atoms with van der Waals surface area (Å²) in [4.78, 5) is 0. The first-order valence-electron chi connectivity index (χ1n) is 4.89. The Morgan fingerprint density at radius 1 is 1.57 bits per heavy atom. The van der Waals surface area contributed by atoms with E-state index >= 15 is 0 Å². The number of rotatable bonds is 4. The molecule has 1 saturated carbocycles. The molecule has 4 nitrogen and oxygen atoms in total. The van der Waals surface area contributed by atoms with Gasteiger partial charge in [0.25, 0.3) is 0 Å². The van der Waals surface area contributed by atoms with Crippen molar-refractivity contribution in [3.63, 3.8) is 0 Å². The van der Waals surface area contributed by atoms with E-state index in [1.165, 1.54) is 6.26 Å². The maximum atomic E-state index is 11.4. The molecular weight excluding hydrogens is 204 g/mol. The summed E-state index contributed by atoms with van der Waals surface area (Å²) in [6.07, 6.45) is 2.99. The van der Waals surface area contributed by atoms with E-state index in [4.69, 9.17) is 4.74 Å². The van der Waals surface area contributed by atoms with Crippen LogP contribution in [0.4, 0.5) is 0 Å². The molecule has 0 aromatic heterocycles. The van der Waals surface area contributed by atoms with Crippen molar-refractivity contribution in [3.8, 4) is 0 Å². The molecular formula is C9H18O4S. The van der Waals surface area contributed by atoms with Crippen LogP contribution < -0.4 is 0 Å². The van der Waals surface area contributed by atoms with Gasteiger partial charge >= 0.3 is 0 Å². The standard InChI is InChI=1S/C9H18O4S/c1-3-13-7-9(10)6-4-5-8(9)14(2,11)12/h8,10H,3-7H2,1-2H3. The van der Waals surface area contributed by atoms with Gasteiger partial charge in [0.05, 0.1) is 11.9 Å². The van der Waals surface area contributed by atoms with Crippen molar-refractivity contribution < 1.29 is 18.3 Å². The average Bonchev–Trinajstić information content (AvgIpc) is 2.44. The molecule has 0 amide bonds. The Morgan fingerprint density at radius 2 is 2.21 bits per heavy atom. The zero-order chi connectivity index (χ0) is 10.8. The van der Waals surface area contributed by atoms with Crippen LogP contribution in [0.3, 0.4) is 0 Å². The van der Waals surface area contributed by atoms with Crippen LogP contribution in [0.1, 0.15) is 26.2 Å². The van der Waals surface area contributed by atoms with Crippen LogP contribution in [-0.4, -0.2) is 43.8 Å². The molecule has 1 N–H and O–H groups in total. The maximum absolute atomic E-state index is 11.4. The zero-order valence-corrected chi connectivity index (χ0v) is 9.51. The smallest absolute Gasteiger partial charge is 0.153 e. The fourth-order valence-corrected chi connectivity index (χ4v) is 3.66. The zero-order valence-electron chi connectivity index (χ0n) is 8.69. The molecule has 84 valence electrons. The van der Waals surface area contributed by atoms with Crippen LogP contribution in [0.2, 0.25) is 0 Å². The van der Waals surface area contributed by atoms with Gasteiger partial charge in [-0.1, -0.05) is 0 Å². The fourth-order valence-electron chi connectivity index (χ4n) is 2.08. The lowest BCUT2D eigenvalue weighted by molar-refractivity contribution is -0.0357. The Balaban J connectivity index is 2.76. The Bertz CT molecular complexity index is 285. The van der Waals surface area contributed by atoms with E-state index in [1.54, 1.807) is 0 Å². The highest BCUT2D eigenvalue weighted by Crippen LogP contribution is 2.34. The molecule has 1 rings (SSSR count). The third-order valence-electron chi connectivity index (χ3n) is 2.75. The van der Waals surface area contributed by atoms with Crippen LogP contribution in [0.25, 0.3) is 0 Å². The van der Waals surface area contributed by atoms with Gasteiger partial charge in [0.1, 0.15) is 5.60 Å². The Morgan fingerprint density at radius 3 is 2.71 bits per heavy atom. The third-order valence-corrected chi connectivity index (χ3v) is 4.46. The Hall–Kier alpha value is -0.130. The van der Waals surface area contributed by atoms with Gasteiger partial charge in [-0.3, -0.25) is 0 Å². The molecule has 0 spiro atoms. The monoisotopic (exact) mass is 222 g/mol. The maximum Gasteiger partial charge on any atom is 0.153 e. The van der Waals surface area contributed by atoms with E-state index in [2.05, 4.69) is 0 Å². The molecule has 0 heterocycles. The van der Waals surface area contributed by atoms with Crippen molar-refractivity contribution in [3.05, 3.63) is 0 Å². The largest absolute Gasteiger partial charge is 0.386 e. The first-order valence-corrected chi connectivity index (χ1v) is 6.84. The molecule has 0 aliphatic heterocycles. The summed E-state index contributed by atoms with van der Waals surface area (Å²) in [6, 6.07) is 0. The molecule has 0 aromatic carbocycles. The Kier molecular flexibility index (Phi) is 3.55. The second kappa shape index (κ2) is 4.16. The van der Waals surface area contributed by atoms with E-state index in [0.29, 0.717) is 19.4 Å². The summed E-state index contributed by atoms with van der Waals surface area (Å²) in [5, 5.41) is 9.46. The topological polar surface area (TPSA) is 63.6 Å². The molecule has 0 bridgehead atoms. The summed E-state index contributed by atoms with van der Waals surface area (Å²) in [5.41, 5.74) is -1.16. The molecule has 0 saturated heterocycles. The van der Waals surface area contributed by atoms with Crippen LogP contribution >= 0.6 is 0 Å². The molecule has 5 heteroatoms. The quantitative estimate of drug-likeness (QED) is 0.745. The van der Waals surface area contributed by atoms with Crippen LogP contribution in [0, 0.1) is 0 Å². The van der Waals surface area contributed by atoms with Gasteiger partial charge < -0.3 is 9.84 Å². The molecule has 1 aliphatic carbocycles. The summed E-state index contributed by atoms with van der Waals surface area (Å²) >= 11 is 0.